The zero-order valence-corrected chi connectivity index (χ0v) is 15.1. The fourth-order valence-electron chi connectivity index (χ4n) is 2.96. The maximum atomic E-state index is 12.6. The maximum Gasteiger partial charge on any atom is 0.253 e. The molecule has 0 spiro atoms. The summed E-state index contributed by atoms with van der Waals surface area (Å²) in [5.74, 6) is 1.99. The summed E-state index contributed by atoms with van der Waals surface area (Å²) in [5, 5.41) is 7.25. The van der Waals surface area contributed by atoms with Gasteiger partial charge in [0.25, 0.3) is 5.78 Å². The second kappa shape index (κ2) is 6.64. The van der Waals surface area contributed by atoms with Gasteiger partial charge < -0.3 is 0 Å². The monoisotopic (exact) mass is 358 g/mol. The third-order valence-corrected chi connectivity index (χ3v) is 6.20. The van der Waals surface area contributed by atoms with Gasteiger partial charge in [0, 0.05) is 29.2 Å². The second-order valence-corrected chi connectivity index (χ2v) is 8.03. The highest BCUT2D eigenvalue weighted by molar-refractivity contribution is 7.99. The SMILES string of the molecule is CCCCSc1nc2nc3c(cn2n1)C(=O)C[C@@H](c1cccs1)C3. The van der Waals surface area contributed by atoms with Gasteiger partial charge in [-0.15, -0.1) is 16.4 Å². The first-order valence-electron chi connectivity index (χ1n) is 8.20. The van der Waals surface area contributed by atoms with Crippen molar-refractivity contribution in [1.82, 2.24) is 19.6 Å². The van der Waals surface area contributed by atoms with Crippen molar-refractivity contribution >= 4 is 34.7 Å². The van der Waals surface area contributed by atoms with E-state index >= 15 is 0 Å². The molecule has 0 unspecified atom stereocenters. The molecule has 0 saturated carbocycles. The van der Waals surface area contributed by atoms with E-state index < -0.39 is 0 Å². The van der Waals surface area contributed by atoms with Crippen molar-refractivity contribution in [1.29, 1.82) is 0 Å². The number of aromatic nitrogens is 4. The van der Waals surface area contributed by atoms with Gasteiger partial charge in [0.1, 0.15) is 0 Å². The zero-order valence-electron chi connectivity index (χ0n) is 13.4. The van der Waals surface area contributed by atoms with Crippen molar-refractivity contribution in [2.45, 2.75) is 43.7 Å². The number of fused-ring (bicyclic) bond motifs is 2. The Hall–Kier alpha value is -1.73. The van der Waals surface area contributed by atoms with Gasteiger partial charge in [-0.25, -0.2) is 9.50 Å². The Labute approximate surface area is 148 Å². The first-order chi connectivity index (χ1) is 11.7. The molecule has 0 aliphatic heterocycles. The molecule has 0 fully saturated rings. The van der Waals surface area contributed by atoms with E-state index in [9.17, 15) is 4.79 Å². The summed E-state index contributed by atoms with van der Waals surface area (Å²) < 4.78 is 1.65. The molecular formula is C17H18N4OS2. The second-order valence-electron chi connectivity index (χ2n) is 5.99. The van der Waals surface area contributed by atoms with Crippen molar-refractivity contribution in [3.63, 3.8) is 0 Å². The van der Waals surface area contributed by atoms with E-state index in [4.69, 9.17) is 0 Å². The fraction of sp³-hybridized carbons (Fsp3) is 0.412. The number of carbonyl (C=O) groups is 1. The van der Waals surface area contributed by atoms with Crippen LogP contribution in [0.15, 0.2) is 28.9 Å². The molecule has 0 radical (unpaired) electrons. The average molecular weight is 358 g/mol. The van der Waals surface area contributed by atoms with Gasteiger partial charge in [0.05, 0.1) is 11.3 Å². The number of Topliss-reactive ketones (excluding diaryl/α,β-unsaturated/α-hetero) is 1. The Morgan fingerprint density at radius 1 is 1.38 bits per heavy atom. The van der Waals surface area contributed by atoms with Crippen LogP contribution in [0, 0.1) is 0 Å². The molecule has 0 N–H and O–H groups in total. The van der Waals surface area contributed by atoms with E-state index in [1.54, 1.807) is 27.6 Å². The number of carbonyl (C=O) groups excluding carboxylic acids is 1. The highest BCUT2D eigenvalue weighted by atomic mass is 32.2. The van der Waals surface area contributed by atoms with E-state index in [2.05, 4.69) is 33.4 Å². The summed E-state index contributed by atoms with van der Waals surface area (Å²) in [4.78, 5) is 22.9. The predicted octanol–water partition coefficient (Wildman–Crippen LogP) is 3.99. The van der Waals surface area contributed by atoms with Crippen molar-refractivity contribution < 1.29 is 4.79 Å². The van der Waals surface area contributed by atoms with E-state index in [0.29, 0.717) is 17.8 Å². The lowest BCUT2D eigenvalue weighted by atomic mass is 9.86. The van der Waals surface area contributed by atoms with Crippen LogP contribution in [-0.2, 0) is 6.42 Å². The molecule has 3 heterocycles. The van der Waals surface area contributed by atoms with Crippen LogP contribution in [0.2, 0.25) is 0 Å². The number of thiophene rings is 1. The highest BCUT2D eigenvalue weighted by Crippen LogP contribution is 2.34. The molecule has 3 aromatic rings. The maximum absolute atomic E-state index is 12.6. The van der Waals surface area contributed by atoms with Gasteiger partial charge >= 0.3 is 0 Å². The van der Waals surface area contributed by atoms with Crippen LogP contribution < -0.4 is 0 Å². The summed E-state index contributed by atoms with van der Waals surface area (Å²) in [6, 6.07) is 4.14. The standard InChI is InChI=1S/C17H18N4OS2/c1-2-3-6-24-17-19-16-18-13-8-11(15-5-4-7-23-15)9-14(22)12(13)10-21(16)20-17/h4-5,7,10-11H,2-3,6,8-9H2,1H3/t11-/m0/s1. The number of rotatable bonds is 5. The third-order valence-electron chi connectivity index (χ3n) is 4.24. The number of hydrogen-bond donors (Lipinski definition) is 0. The molecule has 0 aromatic carbocycles. The van der Waals surface area contributed by atoms with Crippen LogP contribution in [0.25, 0.3) is 5.78 Å². The van der Waals surface area contributed by atoms with Gasteiger partial charge in [-0.2, -0.15) is 4.98 Å². The molecule has 4 rings (SSSR count). The van der Waals surface area contributed by atoms with Crippen molar-refractivity contribution in [2.75, 3.05) is 5.75 Å². The van der Waals surface area contributed by atoms with Crippen LogP contribution in [-0.4, -0.2) is 31.1 Å². The van der Waals surface area contributed by atoms with Crippen LogP contribution in [0.5, 0.6) is 0 Å². The van der Waals surface area contributed by atoms with E-state index in [0.717, 1.165) is 35.9 Å². The van der Waals surface area contributed by atoms with Crippen LogP contribution in [0.1, 0.15) is 53.0 Å². The summed E-state index contributed by atoms with van der Waals surface area (Å²) >= 11 is 3.35. The van der Waals surface area contributed by atoms with E-state index in [1.165, 1.54) is 4.88 Å². The predicted molar refractivity (Wildman–Crippen MR) is 96.1 cm³/mol. The molecule has 0 saturated heterocycles. The molecule has 24 heavy (non-hydrogen) atoms. The van der Waals surface area contributed by atoms with E-state index in [-0.39, 0.29) is 11.7 Å². The molecule has 5 nitrogen and oxygen atoms in total. The summed E-state index contributed by atoms with van der Waals surface area (Å²) in [6.45, 7) is 2.17. The summed E-state index contributed by atoms with van der Waals surface area (Å²) in [5.41, 5.74) is 1.56. The first-order valence-corrected chi connectivity index (χ1v) is 10.1. The Morgan fingerprint density at radius 2 is 2.29 bits per heavy atom. The Bertz CT molecular complexity index is 872. The van der Waals surface area contributed by atoms with Gasteiger partial charge in [0.2, 0.25) is 5.16 Å². The quantitative estimate of drug-likeness (QED) is 0.510. The number of unbranched alkanes of at least 4 members (excludes halogenated alkanes) is 1. The number of ketones is 1. The fourth-order valence-corrected chi connectivity index (χ4v) is 4.70. The average Bonchev–Trinajstić information content (AvgIpc) is 3.22. The third kappa shape index (κ3) is 2.98. The molecule has 1 aliphatic carbocycles. The van der Waals surface area contributed by atoms with Gasteiger partial charge in [-0.1, -0.05) is 31.2 Å². The Morgan fingerprint density at radius 3 is 3.08 bits per heavy atom. The van der Waals surface area contributed by atoms with Gasteiger partial charge in [-0.05, 0) is 24.3 Å². The topological polar surface area (TPSA) is 60.1 Å². The van der Waals surface area contributed by atoms with Crippen LogP contribution in [0.4, 0.5) is 0 Å². The summed E-state index contributed by atoms with van der Waals surface area (Å²) in [6.07, 6.45) is 5.45. The molecule has 0 amide bonds. The van der Waals surface area contributed by atoms with Crippen molar-refractivity contribution in [3.8, 4) is 0 Å². The number of thioether (sulfide) groups is 1. The Kier molecular flexibility index (Phi) is 4.37. The highest BCUT2D eigenvalue weighted by Gasteiger charge is 2.29. The normalized spacial score (nSPS) is 17.4. The minimum atomic E-state index is 0.153. The number of hydrogen-bond acceptors (Lipinski definition) is 6. The molecule has 1 aliphatic rings. The van der Waals surface area contributed by atoms with Crippen LogP contribution in [0.3, 0.4) is 0 Å². The molecule has 0 bridgehead atoms. The van der Waals surface area contributed by atoms with Gasteiger partial charge in [0.15, 0.2) is 5.78 Å². The first kappa shape index (κ1) is 15.8. The van der Waals surface area contributed by atoms with E-state index in [1.807, 2.05) is 12.3 Å². The Balaban J connectivity index is 1.64. The zero-order chi connectivity index (χ0) is 16.5. The lowest BCUT2D eigenvalue weighted by molar-refractivity contribution is 0.0963. The summed E-state index contributed by atoms with van der Waals surface area (Å²) in [7, 11) is 0. The van der Waals surface area contributed by atoms with Crippen molar-refractivity contribution in [2.24, 2.45) is 0 Å². The van der Waals surface area contributed by atoms with Gasteiger partial charge in [-0.3, -0.25) is 4.79 Å². The minimum Gasteiger partial charge on any atom is -0.294 e. The molecule has 3 aromatic heterocycles. The lowest BCUT2D eigenvalue weighted by Gasteiger charge is -2.21. The smallest absolute Gasteiger partial charge is 0.253 e. The molecule has 124 valence electrons. The van der Waals surface area contributed by atoms with Crippen LogP contribution >= 0.6 is 23.1 Å². The number of nitrogens with zero attached hydrogens (tertiary/aromatic N) is 4. The van der Waals surface area contributed by atoms with Crippen molar-refractivity contribution in [3.05, 3.63) is 39.8 Å². The molecular weight excluding hydrogens is 340 g/mol. The molecule has 1 atom stereocenters. The molecule has 7 heteroatoms. The lowest BCUT2D eigenvalue weighted by Crippen LogP contribution is -2.20. The minimum absolute atomic E-state index is 0.153. The largest absolute Gasteiger partial charge is 0.294 e.